The van der Waals surface area contributed by atoms with Gasteiger partial charge in [-0.25, -0.2) is 4.39 Å². The minimum atomic E-state index is -0.539. The third kappa shape index (κ3) is 3.42. The molecule has 5 nitrogen and oxygen atoms in total. The summed E-state index contributed by atoms with van der Waals surface area (Å²) < 4.78 is 18.1. The maximum atomic E-state index is 13.3. The van der Waals surface area contributed by atoms with Crippen LogP contribution in [-0.2, 0) is 6.54 Å². The standard InChI is InChI=1S/C15H15FN2O3/c1-21-14-7-9(2-4-12(14)16)15(20)18-8-10-6-11(17)3-5-13(10)19/h2-7,19H,8,17H2,1H3,(H,18,20). The molecule has 4 N–H and O–H groups in total. The summed E-state index contributed by atoms with van der Waals surface area (Å²) in [5.74, 6) is -0.909. The Morgan fingerprint density at radius 2 is 2.10 bits per heavy atom. The lowest BCUT2D eigenvalue weighted by Gasteiger charge is -2.09. The second kappa shape index (κ2) is 6.13. The van der Waals surface area contributed by atoms with E-state index >= 15 is 0 Å². The van der Waals surface area contributed by atoms with Gasteiger partial charge in [0.2, 0.25) is 0 Å². The van der Waals surface area contributed by atoms with Crippen LogP contribution in [0.3, 0.4) is 0 Å². The Bertz CT molecular complexity index is 674. The van der Waals surface area contributed by atoms with Gasteiger partial charge in [-0.05, 0) is 36.4 Å². The molecule has 0 saturated heterocycles. The molecular weight excluding hydrogens is 275 g/mol. The number of amides is 1. The van der Waals surface area contributed by atoms with Crippen LogP contribution in [0.2, 0.25) is 0 Å². The Kier molecular flexibility index (Phi) is 4.27. The largest absolute Gasteiger partial charge is 0.508 e. The van der Waals surface area contributed by atoms with Crippen molar-refractivity contribution in [1.29, 1.82) is 0 Å². The molecule has 0 radical (unpaired) electrons. The van der Waals surface area contributed by atoms with Crippen molar-refractivity contribution in [2.45, 2.75) is 6.54 Å². The minimum Gasteiger partial charge on any atom is -0.508 e. The van der Waals surface area contributed by atoms with Gasteiger partial charge in [0.1, 0.15) is 5.75 Å². The predicted octanol–water partition coefficient (Wildman–Crippen LogP) is 2.05. The van der Waals surface area contributed by atoms with Gasteiger partial charge in [-0.3, -0.25) is 4.79 Å². The fourth-order valence-electron chi connectivity index (χ4n) is 1.83. The van der Waals surface area contributed by atoms with Gasteiger partial charge < -0.3 is 20.9 Å². The molecule has 110 valence electrons. The maximum absolute atomic E-state index is 13.3. The highest BCUT2D eigenvalue weighted by Gasteiger charge is 2.11. The predicted molar refractivity (Wildman–Crippen MR) is 76.6 cm³/mol. The van der Waals surface area contributed by atoms with Crippen molar-refractivity contribution in [3.8, 4) is 11.5 Å². The van der Waals surface area contributed by atoms with Gasteiger partial charge in [0.15, 0.2) is 11.6 Å². The molecule has 0 spiro atoms. The number of ether oxygens (including phenoxy) is 1. The molecule has 21 heavy (non-hydrogen) atoms. The van der Waals surface area contributed by atoms with Crippen LogP contribution in [0.15, 0.2) is 36.4 Å². The topological polar surface area (TPSA) is 84.6 Å². The summed E-state index contributed by atoms with van der Waals surface area (Å²) in [6.45, 7) is 0.107. The summed E-state index contributed by atoms with van der Waals surface area (Å²) in [7, 11) is 1.32. The fourth-order valence-corrected chi connectivity index (χ4v) is 1.83. The van der Waals surface area contributed by atoms with Crippen molar-refractivity contribution in [3.05, 3.63) is 53.3 Å². The Hall–Kier alpha value is -2.76. The number of phenols is 1. The lowest BCUT2D eigenvalue weighted by molar-refractivity contribution is 0.0950. The van der Waals surface area contributed by atoms with Crippen LogP contribution in [0.1, 0.15) is 15.9 Å². The van der Waals surface area contributed by atoms with E-state index in [9.17, 15) is 14.3 Å². The number of rotatable bonds is 4. The number of hydrogen-bond donors (Lipinski definition) is 3. The molecule has 0 unspecified atom stereocenters. The molecule has 2 aromatic carbocycles. The highest BCUT2D eigenvalue weighted by atomic mass is 19.1. The Morgan fingerprint density at radius 1 is 1.33 bits per heavy atom. The first kappa shape index (κ1) is 14.6. The summed E-state index contributed by atoms with van der Waals surface area (Å²) in [4.78, 5) is 12.0. The van der Waals surface area contributed by atoms with Crippen molar-refractivity contribution in [2.75, 3.05) is 12.8 Å². The van der Waals surface area contributed by atoms with Crippen molar-refractivity contribution >= 4 is 11.6 Å². The zero-order valence-electron chi connectivity index (χ0n) is 11.4. The molecule has 2 aromatic rings. The average Bonchev–Trinajstić information content (AvgIpc) is 2.48. The number of aromatic hydroxyl groups is 1. The lowest BCUT2D eigenvalue weighted by atomic mass is 10.1. The van der Waals surface area contributed by atoms with Gasteiger partial charge in [-0.15, -0.1) is 0 Å². The molecule has 0 bridgehead atoms. The Balaban J connectivity index is 2.10. The lowest BCUT2D eigenvalue weighted by Crippen LogP contribution is -2.23. The van der Waals surface area contributed by atoms with Crippen molar-refractivity contribution in [3.63, 3.8) is 0 Å². The number of carbonyl (C=O) groups is 1. The first-order valence-electron chi connectivity index (χ1n) is 6.20. The molecule has 6 heteroatoms. The van der Waals surface area contributed by atoms with Crippen LogP contribution in [0, 0.1) is 5.82 Å². The van der Waals surface area contributed by atoms with E-state index in [0.29, 0.717) is 11.3 Å². The monoisotopic (exact) mass is 290 g/mol. The van der Waals surface area contributed by atoms with Crippen molar-refractivity contribution in [1.82, 2.24) is 5.32 Å². The number of phenolic OH excluding ortho intramolecular Hbond substituents is 1. The van der Waals surface area contributed by atoms with Gasteiger partial charge in [-0.1, -0.05) is 0 Å². The number of nitrogen functional groups attached to an aromatic ring is 1. The number of benzene rings is 2. The number of nitrogens with one attached hydrogen (secondary N) is 1. The van der Waals surface area contributed by atoms with E-state index in [-0.39, 0.29) is 23.6 Å². The third-order valence-corrected chi connectivity index (χ3v) is 2.96. The van der Waals surface area contributed by atoms with Crippen LogP contribution in [0.5, 0.6) is 11.5 Å². The van der Waals surface area contributed by atoms with E-state index in [2.05, 4.69) is 5.32 Å². The highest BCUT2D eigenvalue weighted by molar-refractivity contribution is 5.94. The number of hydrogen-bond acceptors (Lipinski definition) is 4. The fraction of sp³-hybridized carbons (Fsp3) is 0.133. The van der Waals surface area contributed by atoms with Crippen LogP contribution in [-0.4, -0.2) is 18.1 Å². The molecular formula is C15H15FN2O3. The van der Waals surface area contributed by atoms with Gasteiger partial charge in [0, 0.05) is 23.4 Å². The van der Waals surface area contributed by atoms with Gasteiger partial charge in [-0.2, -0.15) is 0 Å². The molecule has 1 amide bonds. The SMILES string of the molecule is COc1cc(C(=O)NCc2cc(N)ccc2O)ccc1F. The molecule has 0 aliphatic rings. The Morgan fingerprint density at radius 3 is 2.81 bits per heavy atom. The molecule has 0 atom stereocenters. The molecule has 0 saturated carbocycles. The first-order chi connectivity index (χ1) is 10.0. The van der Waals surface area contributed by atoms with E-state index in [1.807, 2.05) is 0 Å². The van der Waals surface area contributed by atoms with Crippen LogP contribution in [0.4, 0.5) is 10.1 Å². The zero-order valence-corrected chi connectivity index (χ0v) is 11.4. The Labute approximate surface area is 121 Å². The van der Waals surface area contributed by atoms with E-state index in [4.69, 9.17) is 10.5 Å². The summed E-state index contributed by atoms with van der Waals surface area (Å²) in [6.07, 6.45) is 0. The average molecular weight is 290 g/mol. The molecule has 0 heterocycles. The molecule has 2 rings (SSSR count). The first-order valence-corrected chi connectivity index (χ1v) is 6.20. The third-order valence-electron chi connectivity index (χ3n) is 2.96. The molecule has 0 aliphatic heterocycles. The van der Waals surface area contributed by atoms with E-state index in [1.165, 1.54) is 25.3 Å². The molecule has 0 aliphatic carbocycles. The second-order valence-corrected chi connectivity index (χ2v) is 4.42. The summed E-state index contributed by atoms with van der Waals surface area (Å²) >= 11 is 0. The summed E-state index contributed by atoms with van der Waals surface area (Å²) in [5.41, 5.74) is 6.86. The number of carbonyl (C=O) groups excluding carboxylic acids is 1. The van der Waals surface area contributed by atoms with Crippen molar-refractivity contribution in [2.24, 2.45) is 0 Å². The quantitative estimate of drug-likeness (QED) is 0.594. The smallest absolute Gasteiger partial charge is 0.251 e. The number of halogens is 1. The summed E-state index contributed by atoms with van der Waals surface area (Å²) in [5, 5.41) is 12.3. The van der Waals surface area contributed by atoms with E-state index < -0.39 is 11.7 Å². The highest BCUT2D eigenvalue weighted by Crippen LogP contribution is 2.20. The van der Waals surface area contributed by atoms with Gasteiger partial charge in [0.05, 0.1) is 7.11 Å². The number of methoxy groups -OCH3 is 1. The molecule has 0 fully saturated rings. The van der Waals surface area contributed by atoms with Crippen molar-refractivity contribution < 1.29 is 19.0 Å². The van der Waals surface area contributed by atoms with Gasteiger partial charge in [0.25, 0.3) is 5.91 Å². The van der Waals surface area contributed by atoms with Crippen LogP contribution < -0.4 is 15.8 Å². The van der Waals surface area contributed by atoms with E-state index in [1.54, 1.807) is 12.1 Å². The summed E-state index contributed by atoms with van der Waals surface area (Å²) in [6, 6.07) is 8.41. The van der Waals surface area contributed by atoms with Gasteiger partial charge >= 0.3 is 0 Å². The molecule has 0 aromatic heterocycles. The number of anilines is 1. The maximum Gasteiger partial charge on any atom is 0.251 e. The van der Waals surface area contributed by atoms with Crippen LogP contribution in [0.25, 0.3) is 0 Å². The zero-order chi connectivity index (χ0) is 15.4. The second-order valence-electron chi connectivity index (χ2n) is 4.42. The van der Waals surface area contributed by atoms with E-state index in [0.717, 1.165) is 6.07 Å². The van der Waals surface area contributed by atoms with Crippen LogP contribution >= 0.6 is 0 Å². The normalized spacial score (nSPS) is 10.2. The minimum absolute atomic E-state index is 0.00514. The number of nitrogens with two attached hydrogens (primary N) is 1.